The molecule has 0 spiro atoms. The van der Waals surface area contributed by atoms with Crippen molar-refractivity contribution in [3.8, 4) is 0 Å². The van der Waals surface area contributed by atoms with Gasteiger partial charge in [-0.05, 0) is 48.4 Å². The lowest BCUT2D eigenvalue weighted by Crippen LogP contribution is -2.43. The van der Waals surface area contributed by atoms with Gasteiger partial charge in [0.2, 0.25) is 0 Å². The van der Waals surface area contributed by atoms with E-state index in [0.29, 0.717) is 0 Å². The second kappa shape index (κ2) is 5.50. The summed E-state index contributed by atoms with van der Waals surface area (Å²) in [4.78, 5) is 2.64. The van der Waals surface area contributed by atoms with Crippen molar-refractivity contribution in [3.05, 3.63) is 35.4 Å². The van der Waals surface area contributed by atoms with Crippen LogP contribution in [0.2, 0.25) is 0 Å². The minimum atomic E-state index is 0.256. The van der Waals surface area contributed by atoms with Gasteiger partial charge in [-0.15, -0.1) is 0 Å². The van der Waals surface area contributed by atoms with Crippen LogP contribution in [0.25, 0.3) is 0 Å². The van der Waals surface area contributed by atoms with Crippen LogP contribution in [0, 0.1) is 5.92 Å². The third-order valence-electron chi connectivity index (χ3n) is 4.97. The summed E-state index contributed by atoms with van der Waals surface area (Å²) in [6.45, 7) is 11.7. The van der Waals surface area contributed by atoms with Crippen LogP contribution in [0.15, 0.2) is 24.3 Å². The number of likely N-dealkylation sites (tertiary alicyclic amines) is 1. The lowest BCUT2D eigenvalue weighted by atomic mass is 9.86. The minimum absolute atomic E-state index is 0.256. The molecule has 0 radical (unpaired) electrons. The average molecular weight is 272 g/mol. The van der Waals surface area contributed by atoms with Crippen LogP contribution in [0.5, 0.6) is 0 Å². The first-order valence-electron chi connectivity index (χ1n) is 8.07. The molecule has 2 heterocycles. The van der Waals surface area contributed by atoms with Gasteiger partial charge in [0.15, 0.2) is 0 Å². The SMILES string of the molecule is CC(C)(C)c1ccc(CN2CCC3NCCC3C2)cc1. The molecule has 20 heavy (non-hydrogen) atoms. The Morgan fingerprint density at radius 2 is 1.90 bits per heavy atom. The topological polar surface area (TPSA) is 15.3 Å². The zero-order valence-corrected chi connectivity index (χ0v) is 13.2. The van der Waals surface area contributed by atoms with Crippen molar-refractivity contribution in [2.75, 3.05) is 19.6 Å². The smallest absolute Gasteiger partial charge is 0.0233 e. The third-order valence-corrected chi connectivity index (χ3v) is 4.97. The fourth-order valence-corrected chi connectivity index (χ4v) is 3.63. The van der Waals surface area contributed by atoms with Gasteiger partial charge in [-0.1, -0.05) is 45.0 Å². The maximum atomic E-state index is 3.64. The molecule has 2 fully saturated rings. The highest BCUT2D eigenvalue weighted by Gasteiger charge is 2.32. The summed E-state index contributed by atoms with van der Waals surface area (Å²) < 4.78 is 0. The van der Waals surface area contributed by atoms with Crippen molar-refractivity contribution in [2.45, 2.75) is 51.6 Å². The molecule has 2 unspecified atom stereocenters. The van der Waals surface area contributed by atoms with E-state index in [9.17, 15) is 0 Å². The Morgan fingerprint density at radius 3 is 2.60 bits per heavy atom. The fraction of sp³-hybridized carbons (Fsp3) is 0.667. The second-order valence-electron chi connectivity index (χ2n) is 7.58. The molecule has 3 rings (SSSR count). The number of fused-ring (bicyclic) bond motifs is 1. The van der Waals surface area contributed by atoms with Crippen molar-refractivity contribution >= 4 is 0 Å². The summed E-state index contributed by atoms with van der Waals surface area (Å²) in [5.74, 6) is 0.887. The minimum Gasteiger partial charge on any atom is -0.314 e. The molecule has 2 heteroatoms. The first-order chi connectivity index (χ1) is 9.52. The van der Waals surface area contributed by atoms with E-state index >= 15 is 0 Å². The normalized spacial score (nSPS) is 27.6. The van der Waals surface area contributed by atoms with Gasteiger partial charge in [-0.3, -0.25) is 4.90 Å². The summed E-state index contributed by atoms with van der Waals surface area (Å²) >= 11 is 0. The Balaban J connectivity index is 1.60. The Bertz CT molecular complexity index is 443. The van der Waals surface area contributed by atoms with Crippen LogP contribution in [0.4, 0.5) is 0 Å². The number of rotatable bonds is 2. The number of hydrogen-bond acceptors (Lipinski definition) is 2. The molecule has 2 nitrogen and oxygen atoms in total. The van der Waals surface area contributed by atoms with E-state index in [1.807, 2.05) is 0 Å². The van der Waals surface area contributed by atoms with Crippen molar-refractivity contribution < 1.29 is 0 Å². The number of nitrogens with zero attached hydrogens (tertiary/aromatic N) is 1. The van der Waals surface area contributed by atoms with Crippen LogP contribution in [0.3, 0.4) is 0 Å². The van der Waals surface area contributed by atoms with Gasteiger partial charge in [0, 0.05) is 19.1 Å². The van der Waals surface area contributed by atoms with E-state index < -0.39 is 0 Å². The standard InChI is InChI=1S/C18H28N2/c1-18(2,3)16-6-4-14(5-7-16)12-20-11-9-17-15(13-20)8-10-19-17/h4-7,15,17,19H,8-13H2,1-3H3. The molecule has 0 aliphatic carbocycles. The third kappa shape index (κ3) is 3.07. The van der Waals surface area contributed by atoms with Gasteiger partial charge in [0.1, 0.15) is 0 Å². The van der Waals surface area contributed by atoms with E-state index in [1.54, 1.807) is 0 Å². The van der Waals surface area contributed by atoms with Crippen molar-refractivity contribution in [1.82, 2.24) is 10.2 Å². The highest BCUT2D eigenvalue weighted by Crippen LogP contribution is 2.26. The van der Waals surface area contributed by atoms with E-state index in [0.717, 1.165) is 18.5 Å². The molecule has 1 aromatic carbocycles. The van der Waals surface area contributed by atoms with Crippen molar-refractivity contribution in [1.29, 1.82) is 0 Å². The molecule has 2 aliphatic heterocycles. The van der Waals surface area contributed by atoms with Crippen LogP contribution in [-0.4, -0.2) is 30.6 Å². The monoisotopic (exact) mass is 272 g/mol. The molecule has 0 aromatic heterocycles. The Labute approximate surface area is 123 Å². The van der Waals surface area contributed by atoms with Crippen LogP contribution < -0.4 is 5.32 Å². The number of piperidine rings is 1. The lowest BCUT2D eigenvalue weighted by molar-refractivity contribution is 0.156. The van der Waals surface area contributed by atoms with Gasteiger partial charge >= 0.3 is 0 Å². The molecule has 0 bridgehead atoms. The van der Waals surface area contributed by atoms with Gasteiger partial charge < -0.3 is 5.32 Å². The van der Waals surface area contributed by atoms with E-state index in [2.05, 4.69) is 55.3 Å². The quantitative estimate of drug-likeness (QED) is 0.889. The zero-order chi connectivity index (χ0) is 14.2. The molecule has 0 saturated carbocycles. The van der Waals surface area contributed by atoms with Crippen LogP contribution in [0.1, 0.15) is 44.7 Å². The van der Waals surface area contributed by atoms with Gasteiger partial charge in [0.05, 0.1) is 0 Å². The molecule has 1 N–H and O–H groups in total. The molecule has 2 aliphatic rings. The Hall–Kier alpha value is -0.860. The summed E-state index contributed by atoms with van der Waals surface area (Å²) in [6, 6.07) is 10.0. The highest BCUT2D eigenvalue weighted by atomic mass is 15.2. The van der Waals surface area contributed by atoms with Crippen molar-refractivity contribution in [2.24, 2.45) is 5.92 Å². The summed E-state index contributed by atoms with van der Waals surface area (Å²) in [7, 11) is 0. The fourth-order valence-electron chi connectivity index (χ4n) is 3.63. The summed E-state index contributed by atoms with van der Waals surface area (Å²) in [5.41, 5.74) is 3.15. The molecule has 1 aromatic rings. The highest BCUT2D eigenvalue weighted by molar-refractivity contribution is 5.27. The van der Waals surface area contributed by atoms with Crippen LogP contribution >= 0.6 is 0 Å². The maximum absolute atomic E-state index is 3.64. The Morgan fingerprint density at radius 1 is 1.15 bits per heavy atom. The van der Waals surface area contributed by atoms with Gasteiger partial charge in [-0.25, -0.2) is 0 Å². The predicted molar refractivity (Wildman–Crippen MR) is 84.9 cm³/mol. The molecule has 2 saturated heterocycles. The number of hydrogen-bond donors (Lipinski definition) is 1. The first-order valence-corrected chi connectivity index (χ1v) is 8.07. The zero-order valence-electron chi connectivity index (χ0n) is 13.2. The van der Waals surface area contributed by atoms with Gasteiger partial charge in [-0.2, -0.15) is 0 Å². The molecule has 110 valence electrons. The maximum Gasteiger partial charge on any atom is 0.0233 e. The molecular weight excluding hydrogens is 244 g/mol. The second-order valence-corrected chi connectivity index (χ2v) is 7.58. The molecular formula is C18H28N2. The van der Waals surface area contributed by atoms with Gasteiger partial charge in [0.25, 0.3) is 0 Å². The van der Waals surface area contributed by atoms with E-state index in [-0.39, 0.29) is 5.41 Å². The summed E-state index contributed by atoms with van der Waals surface area (Å²) in [6.07, 6.45) is 2.69. The predicted octanol–water partition coefficient (Wildman–Crippen LogP) is 3.17. The van der Waals surface area contributed by atoms with Crippen LogP contribution in [-0.2, 0) is 12.0 Å². The molecule has 2 atom stereocenters. The average Bonchev–Trinajstić information content (AvgIpc) is 2.86. The van der Waals surface area contributed by atoms with Crippen molar-refractivity contribution in [3.63, 3.8) is 0 Å². The number of benzene rings is 1. The lowest BCUT2D eigenvalue weighted by Gasteiger charge is -2.35. The first kappa shape index (κ1) is 14.1. The van der Waals surface area contributed by atoms with E-state index in [4.69, 9.17) is 0 Å². The van der Waals surface area contributed by atoms with E-state index in [1.165, 1.54) is 43.6 Å². The summed E-state index contributed by atoms with van der Waals surface area (Å²) in [5, 5.41) is 3.64. The largest absolute Gasteiger partial charge is 0.314 e. The molecule has 0 amide bonds. The number of nitrogens with one attached hydrogen (secondary N) is 1. The Kier molecular flexibility index (Phi) is 3.87.